The Balaban J connectivity index is 1.20. The Bertz CT molecular complexity index is 1120. The summed E-state index contributed by atoms with van der Waals surface area (Å²) in [5.41, 5.74) is 2.17. The number of hydrogen-bond acceptors (Lipinski definition) is 6. The summed E-state index contributed by atoms with van der Waals surface area (Å²) in [5, 5.41) is 6.93. The van der Waals surface area contributed by atoms with Gasteiger partial charge >= 0.3 is 0 Å². The van der Waals surface area contributed by atoms with E-state index in [-0.39, 0.29) is 36.8 Å². The summed E-state index contributed by atoms with van der Waals surface area (Å²) in [6.45, 7) is 3.32. The quantitative estimate of drug-likeness (QED) is 0.583. The molecule has 0 aliphatic heterocycles. The van der Waals surface area contributed by atoms with Crippen LogP contribution in [0, 0.1) is 5.92 Å². The molecular formula is C22H23F2N3O4. The average molecular weight is 431 g/mol. The van der Waals surface area contributed by atoms with E-state index in [0.29, 0.717) is 23.0 Å². The number of oxazole rings is 1. The average Bonchev–Trinajstić information content (AvgIpc) is 3.05. The minimum atomic E-state index is -2.59. The Hall–Kier alpha value is -2.97. The molecule has 2 aliphatic rings. The lowest BCUT2D eigenvalue weighted by Crippen LogP contribution is -2.23. The Labute approximate surface area is 177 Å². The van der Waals surface area contributed by atoms with Crippen molar-refractivity contribution in [2.75, 3.05) is 6.61 Å². The maximum atomic E-state index is 13.0. The van der Waals surface area contributed by atoms with Crippen LogP contribution in [0.2, 0.25) is 0 Å². The van der Waals surface area contributed by atoms with E-state index in [4.69, 9.17) is 13.7 Å². The molecule has 0 radical (unpaired) electrons. The highest BCUT2D eigenvalue weighted by Crippen LogP contribution is 2.49. The molecule has 1 unspecified atom stereocenters. The van der Waals surface area contributed by atoms with Crippen molar-refractivity contribution in [3.05, 3.63) is 41.6 Å². The predicted molar refractivity (Wildman–Crippen MR) is 106 cm³/mol. The monoisotopic (exact) mass is 431 g/mol. The molecule has 2 atom stereocenters. The largest absolute Gasteiger partial charge is 0.493 e. The van der Waals surface area contributed by atoms with E-state index in [1.807, 2.05) is 13.0 Å². The summed E-state index contributed by atoms with van der Waals surface area (Å²) in [4.78, 5) is 15.8. The first kappa shape index (κ1) is 20.0. The molecule has 0 saturated heterocycles. The molecular weight excluding hydrogens is 408 g/mol. The molecule has 9 heteroatoms. The molecule has 2 heterocycles. The highest BCUT2D eigenvalue weighted by molar-refractivity contribution is 5.74. The fourth-order valence-electron chi connectivity index (χ4n) is 3.97. The molecule has 1 aromatic carbocycles. The fraction of sp³-hybridized carbons (Fsp3) is 0.500. The van der Waals surface area contributed by atoms with Gasteiger partial charge in [-0.2, -0.15) is 0 Å². The van der Waals surface area contributed by atoms with Crippen LogP contribution in [-0.2, 0) is 4.79 Å². The van der Waals surface area contributed by atoms with Crippen molar-refractivity contribution in [2.45, 2.75) is 56.9 Å². The zero-order chi connectivity index (χ0) is 21.8. The van der Waals surface area contributed by atoms with E-state index in [1.54, 1.807) is 18.2 Å². The zero-order valence-corrected chi connectivity index (χ0v) is 17.2. The van der Waals surface area contributed by atoms with Gasteiger partial charge in [-0.05, 0) is 31.9 Å². The van der Waals surface area contributed by atoms with Crippen LogP contribution in [0.15, 0.2) is 33.2 Å². The molecule has 3 aromatic rings. The van der Waals surface area contributed by atoms with Gasteiger partial charge in [-0.15, -0.1) is 0 Å². The van der Waals surface area contributed by atoms with Crippen molar-refractivity contribution in [1.82, 2.24) is 15.5 Å². The van der Waals surface area contributed by atoms with Crippen molar-refractivity contribution < 1.29 is 27.3 Å². The van der Waals surface area contributed by atoms with E-state index in [1.165, 1.54) is 6.92 Å². The molecule has 31 heavy (non-hydrogen) atoms. The Morgan fingerprint density at radius 2 is 2.10 bits per heavy atom. The lowest BCUT2D eigenvalue weighted by atomic mass is 9.73. The van der Waals surface area contributed by atoms with Crippen LogP contribution in [0.4, 0.5) is 8.78 Å². The Kier molecular flexibility index (Phi) is 4.71. The summed E-state index contributed by atoms with van der Waals surface area (Å²) < 4.78 is 42.8. The molecule has 2 aliphatic carbocycles. The van der Waals surface area contributed by atoms with Crippen molar-refractivity contribution in [1.29, 1.82) is 0 Å². The van der Waals surface area contributed by atoms with Crippen molar-refractivity contribution >= 4 is 17.0 Å². The highest BCUT2D eigenvalue weighted by Gasteiger charge is 2.57. The molecule has 7 nitrogen and oxygen atoms in total. The third-order valence-corrected chi connectivity index (χ3v) is 6.08. The number of nitrogens with one attached hydrogen (secondary N) is 1. The topological polar surface area (TPSA) is 90.4 Å². The summed E-state index contributed by atoms with van der Waals surface area (Å²) in [6.07, 6.45) is 1.57. The first-order valence-corrected chi connectivity index (χ1v) is 10.4. The number of alkyl halides is 2. The highest BCUT2D eigenvalue weighted by atomic mass is 19.3. The van der Waals surface area contributed by atoms with Gasteiger partial charge in [0.2, 0.25) is 5.91 Å². The lowest BCUT2D eigenvalue weighted by Gasteiger charge is -2.31. The van der Waals surface area contributed by atoms with Crippen molar-refractivity contribution in [3.8, 4) is 5.75 Å². The fourth-order valence-corrected chi connectivity index (χ4v) is 3.97. The number of nitrogens with zero attached hydrogens (tertiary/aromatic N) is 2. The second-order valence-corrected chi connectivity index (χ2v) is 8.60. The third-order valence-electron chi connectivity index (χ3n) is 6.08. The number of benzene rings is 1. The molecule has 2 fully saturated rings. The summed E-state index contributed by atoms with van der Waals surface area (Å²) in [5.74, 6) is -1.17. The van der Waals surface area contributed by atoms with Gasteiger partial charge in [-0.25, -0.2) is 13.8 Å². The maximum Gasteiger partial charge on any atom is 0.255 e. The number of carbonyl (C=O) groups excluding carboxylic acids is 1. The number of halogens is 2. The predicted octanol–water partition coefficient (Wildman–Crippen LogP) is 4.71. The molecule has 164 valence electrons. The van der Waals surface area contributed by atoms with Crippen molar-refractivity contribution in [2.24, 2.45) is 5.92 Å². The molecule has 1 N–H and O–H groups in total. The first-order valence-electron chi connectivity index (χ1n) is 10.4. The molecule has 2 saturated carbocycles. The Morgan fingerprint density at radius 3 is 2.81 bits per heavy atom. The van der Waals surface area contributed by atoms with Gasteiger partial charge < -0.3 is 19.0 Å². The van der Waals surface area contributed by atoms with Crippen LogP contribution in [0.5, 0.6) is 5.75 Å². The van der Waals surface area contributed by atoms with Crippen LogP contribution in [0.1, 0.15) is 68.3 Å². The first-order chi connectivity index (χ1) is 14.8. The van der Waals surface area contributed by atoms with Gasteiger partial charge in [0.15, 0.2) is 17.2 Å². The van der Waals surface area contributed by atoms with E-state index in [2.05, 4.69) is 15.5 Å². The van der Waals surface area contributed by atoms with E-state index < -0.39 is 11.8 Å². The number of hydrogen-bond donors (Lipinski definition) is 1. The SMILES string of the molecule is CC(=O)N[C@@H](C)c1cc(C2CC(c3nc4ccc(OCC5CC5(F)F)cc4o3)C2)no1. The summed E-state index contributed by atoms with van der Waals surface area (Å²) in [6, 6.07) is 6.88. The maximum absolute atomic E-state index is 13.0. The molecule has 1 amide bonds. The minimum absolute atomic E-state index is 0.00402. The standard InChI is InChI=1S/C22H23F2N3O4/c1-11(25-12(2)28)19-8-18(27-31-19)13-5-14(6-13)21-26-17-4-3-16(7-20(17)30-21)29-10-15-9-22(15,23)24/h3-4,7-8,11,13-15H,5-6,9-10H2,1-2H3,(H,25,28)/t11-,13?,14?,15?/m0/s1. The zero-order valence-electron chi connectivity index (χ0n) is 17.2. The normalized spacial score (nSPS) is 25.1. The van der Waals surface area contributed by atoms with E-state index >= 15 is 0 Å². The van der Waals surface area contributed by atoms with Crippen LogP contribution >= 0.6 is 0 Å². The van der Waals surface area contributed by atoms with Gasteiger partial charge in [0, 0.05) is 37.3 Å². The van der Waals surface area contributed by atoms with Crippen LogP contribution < -0.4 is 10.1 Å². The van der Waals surface area contributed by atoms with Crippen LogP contribution in [-0.4, -0.2) is 28.6 Å². The number of fused-ring (bicyclic) bond motifs is 1. The number of rotatable bonds is 7. The van der Waals surface area contributed by atoms with Crippen LogP contribution in [0.3, 0.4) is 0 Å². The lowest BCUT2D eigenvalue weighted by molar-refractivity contribution is -0.119. The minimum Gasteiger partial charge on any atom is -0.493 e. The number of aromatic nitrogens is 2. The number of ether oxygens (including phenoxy) is 1. The van der Waals surface area contributed by atoms with Gasteiger partial charge in [-0.3, -0.25) is 4.79 Å². The third kappa shape index (κ3) is 4.00. The number of amides is 1. The molecule has 0 spiro atoms. The van der Waals surface area contributed by atoms with Gasteiger partial charge in [-0.1, -0.05) is 5.16 Å². The molecule has 2 aromatic heterocycles. The number of carbonyl (C=O) groups is 1. The van der Waals surface area contributed by atoms with Gasteiger partial charge in [0.25, 0.3) is 5.92 Å². The Morgan fingerprint density at radius 1 is 1.32 bits per heavy atom. The van der Waals surface area contributed by atoms with Crippen molar-refractivity contribution in [3.63, 3.8) is 0 Å². The summed E-state index contributed by atoms with van der Waals surface area (Å²) >= 11 is 0. The van der Waals surface area contributed by atoms with E-state index in [9.17, 15) is 13.6 Å². The second-order valence-electron chi connectivity index (χ2n) is 8.60. The summed E-state index contributed by atoms with van der Waals surface area (Å²) in [7, 11) is 0. The second kappa shape index (κ2) is 7.32. The smallest absolute Gasteiger partial charge is 0.255 e. The van der Waals surface area contributed by atoms with Crippen LogP contribution in [0.25, 0.3) is 11.1 Å². The van der Waals surface area contributed by atoms with E-state index in [0.717, 1.165) is 24.1 Å². The van der Waals surface area contributed by atoms with Gasteiger partial charge in [0.05, 0.1) is 24.3 Å². The van der Waals surface area contributed by atoms with Gasteiger partial charge in [0.1, 0.15) is 11.3 Å². The molecule has 5 rings (SSSR count). The molecule has 0 bridgehead atoms.